The highest BCUT2D eigenvalue weighted by molar-refractivity contribution is 7.99. The molecule has 132 valence electrons. The predicted molar refractivity (Wildman–Crippen MR) is 89.2 cm³/mol. The number of nitrogens with zero attached hydrogens (tertiary/aromatic N) is 3. The molecule has 2 amide bonds. The molecule has 1 saturated carbocycles. The molecule has 1 aromatic heterocycles. The van der Waals surface area contributed by atoms with Crippen LogP contribution in [0.4, 0.5) is 0 Å². The number of carbonyl (C=O) groups excluding carboxylic acids is 2. The summed E-state index contributed by atoms with van der Waals surface area (Å²) in [5.74, 6) is 1.37. The molecule has 2 atom stereocenters. The first kappa shape index (κ1) is 17.3. The van der Waals surface area contributed by atoms with Crippen molar-refractivity contribution in [2.24, 2.45) is 5.92 Å². The number of nitrogens with one attached hydrogen (secondary N) is 1. The van der Waals surface area contributed by atoms with Crippen LogP contribution in [-0.2, 0) is 16.1 Å². The van der Waals surface area contributed by atoms with E-state index in [1.165, 1.54) is 31.0 Å². The zero-order valence-corrected chi connectivity index (χ0v) is 14.8. The lowest BCUT2D eigenvalue weighted by atomic mass is 9.86. The van der Waals surface area contributed by atoms with Crippen LogP contribution in [0, 0.1) is 5.92 Å². The molecule has 2 aliphatic rings. The number of hydrogen-bond acceptors (Lipinski definition) is 6. The Hall–Kier alpha value is -1.57. The van der Waals surface area contributed by atoms with Gasteiger partial charge >= 0.3 is 0 Å². The quantitative estimate of drug-likeness (QED) is 0.788. The zero-order chi connectivity index (χ0) is 16.9. The van der Waals surface area contributed by atoms with E-state index in [-0.39, 0.29) is 23.6 Å². The van der Waals surface area contributed by atoms with Gasteiger partial charge in [0.15, 0.2) is 0 Å². The molecule has 0 spiro atoms. The average Bonchev–Trinajstić information content (AvgIpc) is 3.18. The summed E-state index contributed by atoms with van der Waals surface area (Å²) in [6.45, 7) is 3.30. The summed E-state index contributed by atoms with van der Waals surface area (Å²) in [7, 11) is 0. The average molecular weight is 352 g/mol. The Morgan fingerprint density at radius 1 is 1.33 bits per heavy atom. The minimum Gasteiger partial charge on any atom is -0.414 e. The molecular formula is C16H24N4O3S. The van der Waals surface area contributed by atoms with Gasteiger partial charge in [0.25, 0.3) is 5.22 Å². The van der Waals surface area contributed by atoms with Crippen LogP contribution in [-0.4, -0.2) is 45.3 Å². The molecule has 1 N–H and O–H groups in total. The molecule has 3 rings (SSSR count). The van der Waals surface area contributed by atoms with Gasteiger partial charge in [0.05, 0.1) is 12.3 Å². The smallest absolute Gasteiger partial charge is 0.277 e. The summed E-state index contributed by atoms with van der Waals surface area (Å²) in [5, 5.41) is 11.4. The molecule has 0 unspecified atom stereocenters. The second-order valence-electron chi connectivity index (χ2n) is 6.60. The third-order valence-corrected chi connectivity index (χ3v) is 5.55. The molecule has 1 aliphatic carbocycles. The van der Waals surface area contributed by atoms with E-state index in [4.69, 9.17) is 4.42 Å². The van der Waals surface area contributed by atoms with E-state index in [9.17, 15) is 9.59 Å². The number of hydrogen-bond donors (Lipinski definition) is 1. The summed E-state index contributed by atoms with van der Waals surface area (Å²) in [6.07, 6.45) is 6.16. The van der Waals surface area contributed by atoms with Gasteiger partial charge in [-0.1, -0.05) is 31.5 Å². The first-order valence-corrected chi connectivity index (χ1v) is 9.62. The Balaban J connectivity index is 1.43. The fourth-order valence-electron chi connectivity index (χ4n) is 3.30. The topological polar surface area (TPSA) is 88.3 Å². The number of carbonyl (C=O) groups is 2. The minimum atomic E-state index is 0.00761. The van der Waals surface area contributed by atoms with Crippen molar-refractivity contribution in [1.29, 1.82) is 0 Å². The lowest BCUT2D eigenvalue weighted by Gasteiger charge is -2.29. The summed E-state index contributed by atoms with van der Waals surface area (Å²) in [6, 6.07) is 0.284. The largest absolute Gasteiger partial charge is 0.414 e. The Kier molecular flexibility index (Phi) is 5.76. The van der Waals surface area contributed by atoms with E-state index in [2.05, 4.69) is 22.4 Å². The monoisotopic (exact) mass is 352 g/mol. The van der Waals surface area contributed by atoms with Crippen LogP contribution in [0.15, 0.2) is 9.64 Å². The lowest BCUT2D eigenvalue weighted by Crippen LogP contribution is -2.41. The van der Waals surface area contributed by atoms with Gasteiger partial charge in [-0.25, -0.2) is 0 Å². The molecule has 8 heteroatoms. The third-order valence-electron chi connectivity index (χ3n) is 4.73. The van der Waals surface area contributed by atoms with Gasteiger partial charge in [-0.15, -0.1) is 10.2 Å². The molecule has 1 aliphatic heterocycles. The molecule has 2 heterocycles. The van der Waals surface area contributed by atoms with Gasteiger partial charge in [0.2, 0.25) is 17.7 Å². The summed E-state index contributed by atoms with van der Waals surface area (Å²) in [4.78, 5) is 25.4. The summed E-state index contributed by atoms with van der Waals surface area (Å²) >= 11 is 1.24. The third kappa shape index (κ3) is 4.49. The van der Waals surface area contributed by atoms with Crippen molar-refractivity contribution in [3.8, 4) is 0 Å². The van der Waals surface area contributed by atoms with Gasteiger partial charge in [-0.3, -0.25) is 9.59 Å². The van der Waals surface area contributed by atoms with E-state index in [0.717, 1.165) is 19.4 Å². The standard InChI is InChI=1S/C16H24N4O3S/c1-11-5-2-3-6-12(11)17-13(21)10-24-16-19-18-14(23-16)9-20-8-4-7-15(20)22/h11-12H,2-10H2,1H3,(H,17,21)/t11-,12-/m1/s1. The van der Waals surface area contributed by atoms with E-state index in [1.807, 2.05) is 0 Å². The molecule has 1 saturated heterocycles. The van der Waals surface area contributed by atoms with E-state index in [0.29, 0.717) is 30.0 Å². The number of rotatable bonds is 6. The maximum atomic E-state index is 12.1. The maximum absolute atomic E-state index is 12.1. The highest BCUT2D eigenvalue weighted by atomic mass is 32.2. The van der Waals surface area contributed by atoms with Gasteiger partial charge in [-0.05, 0) is 25.2 Å². The molecule has 0 aromatic carbocycles. The maximum Gasteiger partial charge on any atom is 0.277 e. The summed E-state index contributed by atoms with van der Waals surface area (Å²) in [5.41, 5.74) is 0. The van der Waals surface area contributed by atoms with Gasteiger partial charge in [-0.2, -0.15) is 0 Å². The first-order valence-electron chi connectivity index (χ1n) is 8.64. The van der Waals surface area contributed by atoms with E-state index in [1.54, 1.807) is 4.90 Å². The normalized spacial score (nSPS) is 24.4. The number of likely N-dealkylation sites (tertiary alicyclic amines) is 1. The van der Waals surface area contributed by atoms with Crippen LogP contribution in [0.5, 0.6) is 0 Å². The van der Waals surface area contributed by atoms with Gasteiger partial charge in [0.1, 0.15) is 0 Å². The van der Waals surface area contributed by atoms with Crippen molar-refractivity contribution in [3.63, 3.8) is 0 Å². The van der Waals surface area contributed by atoms with Crippen molar-refractivity contribution in [3.05, 3.63) is 5.89 Å². The fourth-order valence-corrected chi connectivity index (χ4v) is 3.89. The Morgan fingerprint density at radius 2 is 2.17 bits per heavy atom. The zero-order valence-electron chi connectivity index (χ0n) is 14.0. The molecule has 24 heavy (non-hydrogen) atoms. The van der Waals surface area contributed by atoms with Crippen LogP contribution < -0.4 is 5.32 Å². The van der Waals surface area contributed by atoms with Crippen LogP contribution in [0.3, 0.4) is 0 Å². The number of aromatic nitrogens is 2. The van der Waals surface area contributed by atoms with Crippen molar-refractivity contribution in [1.82, 2.24) is 20.4 Å². The second-order valence-corrected chi connectivity index (χ2v) is 7.53. The van der Waals surface area contributed by atoms with Crippen LogP contribution in [0.1, 0.15) is 51.3 Å². The van der Waals surface area contributed by atoms with Crippen LogP contribution in [0.2, 0.25) is 0 Å². The molecule has 7 nitrogen and oxygen atoms in total. The minimum absolute atomic E-state index is 0.00761. The molecule has 0 bridgehead atoms. The van der Waals surface area contributed by atoms with Gasteiger partial charge in [0, 0.05) is 19.0 Å². The molecule has 1 aromatic rings. The Bertz CT molecular complexity index is 592. The van der Waals surface area contributed by atoms with Crippen LogP contribution in [0.25, 0.3) is 0 Å². The van der Waals surface area contributed by atoms with Crippen molar-refractivity contribution < 1.29 is 14.0 Å². The lowest BCUT2D eigenvalue weighted by molar-refractivity contribution is -0.128. The van der Waals surface area contributed by atoms with E-state index >= 15 is 0 Å². The number of amides is 2. The highest BCUT2D eigenvalue weighted by Crippen LogP contribution is 2.24. The van der Waals surface area contributed by atoms with Gasteiger partial charge < -0.3 is 14.6 Å². The number of thioether (sulfide) groups is 1. The Labute approximate surface area is 145 Å². The first-order chi connectivity index (χ1) is 11.6. The Morgan fingerprint density at radius 3 is 2.92 bits per heavy atom. The van der Waals surface area contributed by atoms with Crippen molar-refractivity contribution in [2.75, 3.05) is 12.3 Å². The molecule has 2 fully saturated rings. The van der Waals surface area contributed by atoms with Crippen LogP contribution >= 0.6 is 11.8 Å². The SMILES string of the molecule is C[C@@H]1CCCC[C@H]1NC(=O)CSc1nnc(CN2CCCC2=O)o1. The molecular weight excluding hydrogens is 328 g/mol. The molecule has 0 radical (unpaired) electrons. The van der Waals surface area contributed by atoms with Crippen molar-refractivity contribution >= 4 is 23.6 Å². The fraction of sp³-hybridized carbons (Fsp3) is 0.750. The summed E-state index contributed by atoms with van der Waals surface area (Å²) < 4.78 is 5.52. The highest BCUT2D eigenvalue weighted by Gasteiger charge is 2.24. The van der Waals surface area contributed by atoms with Crippen molar-refractivity contribution in [2.45, 2.75) is 63.3 Å². The second kappa shape index (κ2) is 8.00. The van der Waals surface area contributed by atoms with E-state index < -0.39 is 0 Å². The predicted octanol–water partition coefficient (Wildman–Crippen LogP) is 1.98.